The van der Waals surface area contributed by atoms with Crippen LogP contribution >= 0.6 is 0 Å². The van der Waals surface area contributed by atoms with E-state index in [1.54, 1.807) is 12.1 Å². The van der Waals surface area contributed by atoms with E-state index < -0.39 is 5.91 Å². The number of hydroxylamine groups is 1. The van der Waals surface area contributed by atoms with Crippen LogP contribution in [-0.2, 0) is 0 Å². The summed E-state index contributed by atoms with van der Waals surface area (Å²) in [6, 6.07) is 6.13. The normalized spacial score (nSPS) is 9.38. The first-order chi connectivity index (χ1) is 6.15. The summed E-state index contributed by atoms with van der Waals surface area (Å²) < 4.78 is 0. The Morgan fingerprint density at radius 1 is 1.31 bits per heavy atom. The molecule has 1 rings (SSSR count). The Kier molecular flexibility index (Phi) is 2.76. The van der Waals surface area contributed by atoms with Crippen LogP contribution in [0.25, 0.3) is 0 Å². The third-order valence-electron chi connectivity index (χ3n) is 1.63. The summed E-state index contributed by atoms with van der Waals surface area (Å²) in [5.41, 5.74) is 2.20. The van der Waals surface area contributed by atoms with Crippen LogP contribution in [0.5, 0.6) is 0 Å². The van der Waals surface area contributed by atoms with Crippen LogP contribution < -0.4 is 5.48 Å². The van der Waals surface area contributed by atoms with Gasteiger partial charge in [0.15, 0.2) is 5.78 Å². The second-order valence-corrected chi connectivity index (χ2v) is 2.58. The molecule has 0 spiro atoms. The van der Waals surface area contributed by atoms with Gasteiger partial charge < -0.3 is 0 Å². The molecule has 0 fully saturated rings. The van der Waals surface area contributed by atoms with Crippen molar-refractivity contribution in [2.24, 2.45) is 0 Å². The van der Waals surface area contributed by atoms with E-state index in [9.17, 15) is 9.59 Å². The number of ketones is 1. The van der Waals surface area contributed by atoms with Crippen LogP contribution in [0.1, 0.15) is 27.6 Å². The van der Waals surface area contributed by atoms with E-state index in [1.807, 2.05) is 0 Å². The average molecular weight is 179 g/mol. The molecule has 0 saturated carbocycles. The van der Waals surface area contributed by atoms with Gasteiger partial charge in [-0.25, -0.2) is 5.48 Å². The number of carbonyl (C=O) groups is 2. The number of hydrogen-bond acceptors (Lipinski definition) is 3. The van der Waals surface area contributed by atoms with Crippen molar-refractivity contribution in [3.63, 3.8) is 0 Å². The third-order valence-corrected chi connectivity index (χ3v) is 1.63. The Morgan fingerprint density at radius 3 is 2.46 bits per heavy atom. The highest BCUT2D eigenvalue weighted by Crippen LogP contribution is 2.05. The lowest BCUT2D eigenvalue weighted by Crippen LogP contribution is -2.18. The molecule has 0 unspecified atom stereocenters. The summed E-state index contributed by atoms with van der Waals surface area (Å²) in [5.74, 6) is -0.740. The first-order valence-electron chi connectivity index (χ1n) is 3.70. The Balaban J connectivity index is 3.05. The Bertz CT molecular complexity index is 346. The van der Waals surface area contributed by atoms with Crippen LogP contribution in [0.2, 0.25) is 0 Å². The molecule has 4 heteroatoms. The number of hydrogen-bond donors (Lipinski definition) is 2. The van der Waals surface area contributed by atoms with Crippen molar-refractivity contribution in [2.45, 2.75) is 6.92 Å². The monoisotopic (exact) mass is 179 g/mol. The number of nitrogens with one attached hydrogen (secondary N) is 1. The molecule has 0 aliphatic rings. The van der Waals surface area contributed by atoms with E-state index in [-0.39, 0.29) is 11.3 Å². The minimum Gasteiger partial charge on any atom is -0.295 e. The maximum atomic E-state index is 10.9. The molecule has 4 nitrogen and oxygen atoms in total. The van der Waals surface area contributed by atoms with E-state index in [4.69, 9.17) is 5.21 Å². The molecule has 13 heavy (non-hydrogen) atoms. The zero-order valence-electron chi connectivity index (χ0n) is 7.07. The maximum Gasteiger partial charge on any atom is 0.274 e. The van der Waals surface area contributed by atoms with Crippen LogP contribution in [0, 0.1) is 0 Å². The number of benzene rings is 1. The molecule has 1 aromatic rings. The first-order valence-corrected chi connectivity index (χ1v) is 3.70. The summed E-state index contributed by atoms with van der Waals surface area (Å²) in [6.45, 7) is 1.41. The standard InChI is InChI=1S/C9H9NO3/c1-6(11)7-3-2-4-8(5-7)9(12)10-13/h2-5,13H,1H3,(H,10,12). The molecular formula is C9H9NO3. The number of rotatable bonds is 2. The maximum absolute atomic E-state index is 10.9. The van der Waals surface area contributed by atoms with E-state index in [1.165, 1.54) is 24.5 Å². The molecular weight excluding hydrogens is 170 g/mol. The van der Waals surface area contributed by atoms with Gasteiger partial charge in [-0.2, -0.15) is 0 Å². The zero-order chi connectivity index (χ0) is 9.84. The van der Waals surface area contributed by atoms with E-state index in [2.05, 4.69) is 0 Å². The van der Waals surface area contributed by atoms with Crippen molar-refractivity contribution >= 4 is 11.7 Å². The molecule has 0 atom stereocenters. The van der Waals surface area contributed by atoms with E-state index >= 15 is 0 Å². The lowest BCUT2D eigenvalue weighted by Gasteiger charge is -1.99. The molecule has 0 bridgehead atoms. The summed E-state index contributed by atoms with van der Waals surface area (Å²) in [7, 11) is 0. The molecule has 1 aromatic carbocycles. The van der Waals surface area contributed by atoms with Crippen LogP contribution in [0.15, 0.2) is 24.3 Å². The average Bonchev–Trinajstić information content (AvgIpc) is 2.17. The highest BCUT2D eigenvalue weighted by Gasteiger charge is 2.05. The van der Waals surface area contributed by atoms with Crippen molar-refractivity contribution in [3.8, 4) is 0 Å². The molecule has 0 aliphatic heterocycles. The highest BCUT2D eigenvalue weighted by molar-refractivity contribution is 5.99. The fourth-order valence-electron chi connectivity index (χ4n) is 0.944. The lowest BCUT2D eigenvalue weighted by molar-refractivity contribution is 0.0706. The number of Topliss-reactive ketones (excluding diaryl/α,β-unsaturated/α-hetero) is 1. The van der Waals surface area contributed by atoms with Gasteiger partial charge in [0.05, 0.1) is 0 Å². The minimum absolute atomic E-state index is 0.118. The predicted octanol–water partition coefficient (Wildman–Crippen LogP) is 1.01. The first kappa shape index (κ1) is 9.41. The molecule has 0 heterocycles. The summed E-state index contributed by atoms with van der Waals surface area (Å²) >= 11 is 0. The number of amides is 1. The topological polar surface area (TPSA) is 66.4 Å². The quantitative estimate of drug-likeness (QED) is 0.404. The Labute approximate surface area is 75.1 Å². The molecule has 0 radical (unpaired) electrons. The Hall–Kier alpha value is -1.68. The van der Waals surface area contributed by atoms with Gasteiger partial charge in [0.25, 0.3) is 5.91 Å². The van der Waals surface area contributed by atoms with Gasteiger partial charge in [0, 0.05) is 11.1 Å². The van der Waals surface area contributed by atoms with Gasteiger partial charge in [0.2, 0.25) is 0 Å². The molecule has 0 saturated heterocycles. The predicted molar refractivity (Wildman–Crippen MR) is 45.7 cm³/mol. The van der Waals surface area contributed by atoms with Gasteiger partial charge in [0.1, 0.15) is 0 Å². The van der Waals surface area contributed by atoms with Gasteiger partial charge in [-0.15, -0.1) is 0 Å². The SMILES string of the molecule is CC(=O)c1cccc(C(=O)NO)c1. The van der Waals surface area contributed by atoms with Crippen molar-refractivity contribution in [2.75, 3.05) is 0 Å². The molecule has 2 N–H and O–H groups in total. The van der Waals surface area contributed by atoms with Crippen LogP contribution in [-0.4, -0.2) is 16.9 Å². The van der Waals surface area contributed by atoms with E-state index in [0.29, 0.717) is 5.56 Å². The molecule has 0 aromatic heterocycles. The summed E-state index contributed by atoms with van der Waals surface area (Å²) in [6.07, 6.45) is 0. The van der Waals surface area contributed by atoms with Gasteiger partial charge in [-0.3, -0.25) is 14.8 Å². The number of carbonyl (C=O) groups excluding carboxylic acids is 2. The molecule has 1 amide bonds. The summed E-state index contributed by atoms with van der Waals surface area (Å²) in [4.78, 5) is 21.8. The second kappa shape index (κ2) is 3.82. The van der Waals surface area contributed by atoms with Crippen molar-refractivity contribution in [3.05, 3.63) is 35.4 Å². The molecule has 0 aliphatic carbocycles. The van der Waals surface area contributed by atoms with Crippen molar-refractivity contribution in [1.82, 2.24) is 5.48 Å². The fraction of sp³-hybridized carbons (Fsp3) is 0.111. The van der Waals surface area contributed by atoms with Crippen molar-refractivity contribution in [1.29, 1.82) is 0 Å². The highest BCUT2D eigenvalue weighted by atomic mass is 16.5. The zero-order valence-corrected chi connectivity index (χ0v) is 7.07. The second-order valence-electron chi connectivity index (χ2n) is 2.58. The van der Waals surface area contributed by atoms with Gasteiger partial charge >= 0.3 is 0 Å². The molecule has 68 valence electrons. The third kappa shape index (κ3) is 2.13. The van der Waals surface area contributed by atoms with E-state index in [0.717, 1.165) is 0 Å². The minimum atomic E-state index is -0.622. The summed E-state index contributed by atoms with van der Waals surface area (Å²) in [5, 5.41) is 8.33. The van der Waals surface area contributed by atoms with Gasteiger partial charge in [-0.1, -0.05) is 12.1 Å². The van der Waals surface area contributed by atoms with Gasteiger partial charge in [-0.05, 0) is 19.1 Å². The smallest absolute Gasteiger partial charge is 0.274 e. The fourth-order valence-corrected chi connectivity index (χ4v) is 0.944. The Morgan fingerprint density at radius 2 is 1.92 bits per heavy atom. The lowest BCUT2D eigenvalue weighted by atomic mass is 10.1. The van der Waals surface area contributed by atoms with Crippen molar-refractivity contribution < 1.29 is 14.8 Å². The van der Waals surface area contributed by atoms with Crippen LogP contribution in [0.3, 0.4) is 0 Å². The van der Waals surface area contributed by atoms with Crippen LogP contribution in [0.4, 0.5) is 0 Å². The largest absolute Gasteiger partial charge is 0.295 e.